The van der Waals surface area contributed by atoms with Gasteiger partial charge in [0, 0.05) is 19.5 Å². The number of hydrogen-bond acceptors (Lipinski definition) is 3. The smallest absolute Gasteiger partial charge is 0.323 e. The number of carboxylic acid groups (broad SMARTS) is 1. The summed E-state index contributed by atoms with van der Waals surface area (Å²) in [7, 11) is 1.47. The van der Waals surface area contributed by atoms with Gasteiger partial charge in [-0.25, -0.2) is 0 Å². The van der Waals surface area contributed by atoms with Crippen molar-refractivity contribution in [1.29, 1.82) is 0 Å². The lowest BCUT2D eigenvalue weighted by atomic mass is 10.2. The van der Waals surface area contributed by atoms with Crippen molar-refractivity contribution in [2.75, 3.05) is 20.1 Å². The van der Waals surface area contributed by atoms with Crippen LogP contribution in [0.2, 0.25) is 0 Å². The first-order valence-corrected chi connectivity index (χ1v) is 6.28. The maximum absolute atomic E-state index is 12.1. The zero-order valence-corrected chi connectivity index (χ0v) is 10.5. The number of rotatable bonds is 4. The summed E-state index contributed by atoms with van der Waals surface area (Å²) in [5.41, 5.74) is 0. The van der Waals surface area contributed by atoms with Crippen molar-refractivity contribution < 1.29 is 19.5 Å². The molecular weight excluding hydrogens is 236 g/mol. The summed E-state index contributed by atoms with van der Waals surface area (Å²) < 4.78 is 0. The van der Waals surface area contributed by atoms with Crippen molar-refractivity contribution >= 4 is 17.8 Å². The van der Waals surface area contributed by atoms with Crippen LogP contribution >= 0.6 is 0 Å². The zero-order chi connectivity index (χ0) is 13.3. The van der Waals surface area contributed by atoms with Gasteiger partial charge in [-0.1, -0.05) is 0 Å². The Bertz CT molecular complexity index is 378. The van der Waals surface area contributed by atoms with E-state index >= 15 is 0 Å². The minimum atomic E-state index is -1.04. The van der Waals surface area contributed by atoms with E-state index in [0.717, 1.165) is 19.3 Å². The number of hydrogen-bond donors (Lipinski definition) is 1. The summed E-state index contributed by atoms with van der Waals surface area (Å²) in [6.07, 6.45) is 3.29. The highest BCUT2D eigenvalue weighted by Gasteiger charge is 2.41. The molecule has 1 atom stereocenters. The minimum absolute atomic E-state index is 0.0644. The second-order valence-electron chi connectivity index (χ2n) is 5.05. The van der Waals surface area contributed by atoms with Crippen LogP contribution in [0.4, 0.5) is 0 Å². The maximum Gasteiger partial charge on any atom is 0.323 e. The van der Waals surface area contributed by atoms with Crippen LogP contribution in [-0.2, 0) is 14.4 Å². The van der Waals surface area contributed by atoms with Gasteiger partial charge in [0.1, 0.15) is 12.6 Å². The lowest BCUT2D eigenvalue weighted by molar-refractivity contribution is -0.148. The fraction of sp³-hybridized carbons (Fsp3) is 0.750. The molecule has 100 valence electrons. The fourth-order valence-electron chi connectivity index (χ4n) is 2.39. The third kappa shape index (κ3) is 2.63. The topological polar surface area (TPSA) is 77.9 Å². The van der Waals surface area contributed by atoms with Crippen LogP contribution in [0.25, 0.3) is 0 Å². The minimum Gasteiger partial charge on any atom is -0.480 e. The van der Waals surface area contributed by atoms with Crippen LogP contribution in [0.1, 0.15) is 25.7 Å². The number of carboxylic acids is 1. The third-order valence-corrected chi connectivity index (χ3v) is 3.50. The second kappa shape index (κ2) is 4.96. The van der Waals surface area contributed by atoms with E-state index in [1.54, 1.807) is 4.90 Å². The lowest BCUT2D eigenvalue weighted by Crippen LogP contribution is -2.48. The molecule has 1 aliphatic carbocycles. The Balaban J connectivity index is 1.99. The number of likely N-dealkylation sites (N-methyl/N-ethyl adjacent to an activating group) is 1. The SMILES string of the molecule is CN(CC(=O)O)C(=O)C1CCCN1C(=O)C1CC1. The molecule has 6 nitrogen and oxygen atoms in total. The van der Waals surface area contributed by atoms with Crippen molar-refractivity contribution in [2.45, 2.75) is 31.7 Å². The van der Waals surface area contributed by atoms with Crippen molar-refractivity contribution in [3.8, 4) is 0 Å². The molecule has 0 aromatic heterocycles. The summed E-state index contributed by atoms with van der Waals surface area (Å²) in [4.78, 5) is 37.5. The van der Waals surface area contributed by atoms with Gasteiger partial charge in [-0.2, -0.15) is 0 Å². The number of carbonyl (C=O) groups excluding carboxylic acids is 2. The van der Waals surface area contributed by atoms with Gasteiger partial charge in [-0.05, 0) is 25.7 Å². The largest absolute Gasteiger partial charge is 0.480 e. The molecule has 18 heavy (non-hydrogen) atoms. The number of carbonyl (C=O) groups is 3. The standard InChI is InChI=1S/C12H18N2O4/c1-13(7-10(15)16)12(18)9-3-2-6-14(9)11(17)8-4-5-8/h8-9H,2-7H2,1H3,(H,15,16). The maximum atomic E-state index is 12.1. The van der Waals surface area contributed by atoms with Crippen molar-refractivity contribution in [3.63, 3.8) is 0 Å². The molecule has 1 heterocycles. The molecule has 2 aliphatic rings. The molecule has 2 amide bonds. The molecule has 0 aromatic carbocycles. The van der Waals surface area contributed by atoms with Gasteiger partial charge >= 0.3 is 5.97 Å². The zero-order valence-electron chi connectivity index (χ0n) is 10.5. The summed E-state index contributed by atoms with van der Waals surface area (Å²) in [5.74, 6) is -1.13. The van der Waals surface area contributed by atoms with E-state index < -0.39 is 12.0 Å². The molecule has 2 rings (SSSR count). The first-order valence-electron chi connectivity index (χ1n) is 6.28. The summed E-state index contributed by atoms with van der Waals surface area (Å²) >= 11 is 0. The first kappa shape index (κ1) is 12.9. The predicted molar refractivity (Wildman–Crippen MR) is 62.7 cm³/mol. The van der Waals surface area contributed by atoms with Crippen LogP contribution in [0, 0.1) is 5.92 Å². The molecule has 2 fully saturated rings. The van der Waals surface area contributed by atoms with Gasteiger partial charge in [0.2, 0.25) is 11.8 Å². The molecule has 0 radical (unpaired) electrons. The predicted octanol–water partition coefficient (Wildman–Crippen LogP) is -0.0696. The van der Waals surface area contributed by atoms with Gasteiger partial charge < -0.3 is 14.9 Å². The number of likely N-dealkylation sites (tertiary alicyclic amines) is 1. The first-order chi connectivity index (χ1) is 8.50. The molecule has 0 spiro atoms. The second-order valence-corrected chi connectivity index (χ2v) is 5.05. The highest BCUT2D eigenvalue weighted by atomic mass is 16.4. The average molecular weight is 254 g/mol. The van der Waals surface area contributed by atoms with E-state index in [2.05, 4.69) is 0 Å². The molecular formula is C12H18N2O4. The van der Waals surface area contributed by atoms with Crippen LogP contribution < -0.4 is 0 Å². The van der Waals surface area contributed by atoms with Gasteiger partial charge in [0.15, 0.2) is 0 Å². The molecule has 1 unspecified atom stereocenters. The van der Waals surface area contributed by atoms with E-state index in [-0.39, 0.29) is 24.3 Å². The van der Waals surface area contributed by atoms with Gasteiger partial charge in [0.25, 0.3) is 0 Å². The van der Waals surface area contributed by atoms with E-state index in [9.17, 15) is 14.4 Å². The van der Waals surface area contributed by atoms with Crippen LogP contribution in [0.3, 0.4) is 0 Å². The Kier molecular flexibility index (Phi) is 3.54. The Morgan fingerprint density at radius 2 is 1.94 bits per heavy atom. The Morgan fingerprint density at radius 1 is 1.28 bits per heavy atom. The van der Waals surface area contributed by atoms with Gasteiger partial charge in [-0.3, -0.25) is 14.4 Å². The number of amides is 2. The van der Waals surface area contributed by atoms with Crippen LogP contribution in [0.5, 0.6) is 0 Å². The molecule has 1 aliphatic heterocycles. The van der Waals surface area contributed by atoms with Crippen molar-refractivity contribution in [2.24, 2.45) is 5.92 Å². The quantitative estimate of drug-likeness (QED) is 0.761. The van der Waals surface area contributed by atoms with Crippen molar-refractivity contribution in [3.05, 3.63) is 0 Å². The summed E-state index contributed by atoms with van der Waals surface area (Å²) in [6.45, 7) is 0.299. The van der Waals surface area contributed by atoms with E-state index in [0.29, 0.717) is 13.0 Å². The summed E-state index contributed by atoms with van der Waals surface area (Å²) in [5, 5.41) is 8.67. The Morgan fingerprint density at radius 3 is 2.50 bits per heavy atom. The normalized spacial score (nSPS) is 22.9. The molecule has 1 saturated heterocycles. The molecule has 6 heteroatoms. The number of nitrogens with zero attached hydrogens (tertiary/aromatic N) is 2. The Labute approximate surface area is 106 Å². The van der Waals surface area contributed by atoms with E-state index in [1.807, 2.05) is 0 Å². The molecule has 1 N–H and O–H groups in total. The fourth-order valence-corrected chi connectivity index (χ4v) is 2.39. The Hall–Kier alpha value is -1.59. The highest BCUT2D eigenvalue weighted by Crippen LogP contribution is 2.33. The average Bonchev–Trinajstić information content (AvgIpc) is 3.04. The molecule has 0 aromatic rings. The van der Waals surface area contributed by atoms with Crippen molar-refractivity contribution in [1.82, 2.24) is 9.80 Å². The van der Waals surface area contributed by atoms with Crippen LogP contribution in [0.15, 0.2) is 0 Å². The number of aliphatic carboxylic acids is 1. The van der Waals surface area contributed by atoms with E-state index in [1.165, 1.54) is 11.9 Å². The van der Waals surface area contributed by atoms with Crippen LogP contribution in [-0.4, -0.2) is 58.9 Å². The van der Waals surface area contributed by atoms with Gasteiger partial charge in [0.05, 0.1) is 0 Å². The highest BCUT2D eigenvalue weighted by molar-refractivity contribution is 5.91. The third-order valence-electron chi connectivity index (χ3n) is 3.50. The van der Waals surface area contributed by atoms with Gasteiger partial charge in [-0.15, -0.1) is 0 Å². The molecule has 0 bridgehead atoms. The monoisotopic (exact) mass is 254 g/mol. The lowest BCUT2D eigenvalue weighted by Gasteiger charge is -2.27. The van der Waals surface area contributed by atoms with E-state index in [4.69, 9.17) is 5.11 Å². The summed E-state index contributed by atoms with van der Waals surface area (Å²) in [6, 6.07) is -0.456. The molecule has 1 saturated carbocycles.